The molecule has 0 saturated carbocycles. The van der Waals surface area contributed by atoms with E-state index in [1.54, 1.807) is 25.1 Å². The van der Waals surface area contributed by atoms with Crippen molar-refractivity contribution in [3.8, 4) is 0 Å². The molecule has 0 fully saturated rings. The number of carbonyl (C=O) groups excluding carboxylic acids is 1. The lowest BCUT2D eigenvalue weighted by Gasteiger charge is -2.01. The second kappa shape index (κ2) is 6.82. The molecule has 1 amide bonds. The molecule has 0 aliphatic carbocycles. The van der Waals surface area contributed by atoms with Gasteiger partial charge in [0.15, 0.2) is 5.69 Å². The fourth-order valence-electron chi connectivity index (χ4n) is 1.85. The van der Waals surface area contributed by atoms with Gasteiger partial charge in [-0.1, -0.05) is 26.0 Å². The van der Waals surface area contributed by atoms with Gasteiger partial charge in [0.1, 0.15) is 0 Å². The van der Waals surface area contributed by atoms with E-state index in [2.05, 4.69) is 20.7 Å². The summed E-state index contributed by atoms with van der Waals surface area (Å²) >= 11 is 0. The van der Waals surface area contributed by atoms with Crippen LogP contribution in [-0.4, -0.2) is 26.7 Å². The third-order valence-electron chi connectivity index (χ3n) is 3.25. The molecule has 0 atom stereocenters. The van der Waals surface area contributed by atoms with Crippen molar-refractivity contribution in [3.63, 3.8) is 0 Å². The standard InChI is InChI=1S/C15H17N5O3/c1-9(2)13-8-14(18-17-13)15(21)19-16-10(3)11-5-4-6-12(7-11)20(22)23/h4-9H,1-3H3,(H,17,18)(H,19,21). The van der Waals surface area contributed by atoms with Gasteiger partial charge in [0.05, 0.1) is 10.6 Å². The summed E-state index contributed by atoms with van der Waals surface area (Å²) in [4.78, 5) is 22.3. The highest BCUT2D eigenvalue weighted by Crippen LogP contribution is 2.14. The van der Waals surface area contributed by atoms with E-state index in [1.165, 1.54) is 12.1 Å². The number of hydrogen-bond donors (Lipinski definition) is 2. The summed E-state index contributed by atoms with van der Waals surface area (Å²) in [5, 5.41) is 21.5. The number of nitrogens with one attached hydrogen (secondary N) is 2. The highest BCUT2D eigenvalue weighted by Gasteiger charge is 2.12. The third kappa shape index (κ3) is 4.00. The van der Waals surface area contributed by atoms with Gasteiger partial charge < -0.3 is 0 Å². The number of hydrazone groups is 1. The number of hydrogen-bond acceptors (Lipinski definition) is 5. The predicted molar refractivity (Wildman–Crippen MR) is 85.5 cm³/mol. The molecule has 23 heavy (non-hydrogen) atoms. The molecule has 0 aliphatic rings. The first kappa shape index (κ1) is 16.3. The first-order valence-electron chi connectivity index (χ1n) is 7.03. The number of aromatic amines is 1. The van der Waals surface area contributed by atoms with Gasteiger partial charge in [-0.05, 0) is 18.9 Å². The van der Waals surface area contributed by atoms with Crippen molar-refractivity contribution in [2.45, 2.75) is 26.7 Å². The summed E-state index contributed by atoms with van der Waals surface area (Å²) < 4.78 is 0. The summed E-state index contributed by atoms with van der Waals surface area (Å²) in [5.41, 5.74) is 4.48. The van der Waals surface area contributed by atoms with E-state index in [0.717, 1.165) is 5.69 Å². The van der Waals surface area contributed by atoms with Crippen LogP contribution in [0.3, 0.4) is 0 Å². The lowest BCUT2D eigenvalue weighted by atomic mass is 10.1. The maximum atomic E-state index is 12.0. The number of nitro benzene ring substituents is 1. The second-order valence-corrected chi connectivity index (χ2v) is 5.31. The molecule has 0 spiro atoms. The van der Waals surface area contributed by atoms with Gasteiger partial charge in [-0.15, -0.1) is 0 Å². The Morgan fingerprint density at radius 1 is 1.39 bits per heavy atom. The number of non-ortho nitro benzene ring substituents is 1. The molecular formula is C15H17N5O3. The normalized spacial score (nSPS) is 11.6. The van der Waals surface area contributed by atoms with Crippen LogP contribution in [0.2, 0.25) is 0 Å². The summed E-state index contributed by atoms with van der Waals surface area (Å²) in [7, 11) is 0. The molecular weight excluding hydrogens is 298 g/mol. The molecule has 1 heterocycles. The smallest absolute Gasteiger partial charge is 0.282 e. The van der Waals surface area contributed by atoms with Crippen LogP contribution in [0.15, 0.2) is 35.4 Å². The minimum absolute atomic E-state index is 0.0303. The Hall–Kier alpha value is -3.03. The molecule has 0 unspecified atom stereocenters. The third-order valence-corrected chi connectivity index (χ3v) is 3.25. The van der Waals surface area contributed by atoms with Gasteiger partial charge in [-0.2, -0.15) is 10.2 Å². The topological polar surface area (TPSA) is 113 Å². The van der Waals surface area contributed by atoms with Crippen LogP contribution in [0.25, 0.3) is 0 Å². The number of amides is 1. The first-order valence-corrected chi connectivity index (χ1v) is 7.03. The van der Waals surface area contributed by atoms with Crippen molar-refractivity contribution < 1.29 is 9.72 Å². The van der Waals surface area contributed by atoms with Gasteiger partial charge >= 0.3 is 0 Å². The average molecular weight is 315 g/mol. The number of carbonyl (C=O) groups is 1. The summed E-state index contributed by atoms with van der Waals surface area (Å²) in [6.07, 6.45) is 0. The van der Waals surface area contributed by atoms with E-state index in [0.29, 0.717) is 11.3 Å². The van der Waals surface area contributed by atoms with Crippen LogP contribution < -0.4 is 5.43 Å². The van der Waals surface area contributed by atoms with Gasteiger partial charge in [-0.25, -0.2) is 5.43 Å². The highest BCUT2D eigenvalue weighted by atomic mass is 16.6. The molecule has 1 aromatic carbocycles. The number of nitrogens with zero attached hydrogens (tertiary/aromatic N) is 3. The van der Waals surface area contributed by atoms with Crippen molar-refractivity contribution in [2.24, 2.45) is 5.10 Å². The van der Waals surface area contributed by atoms with E-state index in [4.69, 9.17) is 0 Å². The Bertz CT molecular complexity index is 764. The van der Waals surface area contributed by atoms with Gasteiger partial charge in [0.25, 0.3) is 11.6 Å². The molecule has 2 rings (SSSR count). The van der Waals surface area contributed by atoms with E-state index in [9.17, 15) is 14.9 Å². The van der Waals surface area contributed by atoms with Crippen molar-refractivity contribution in [3.05, 3.63) is 57.4 Å². The number of aromatic nitrogens is 2. The monoisotopic (exact) mass is 315 g/mol. The fourth-order valence-corrected chi connectivity index (χ4v) is 1.85. The van der Waals surface area contributed by atoms with Crippen molar-refractivity contribution in [1.82, 2.24) is 15.6 Å². The summed E-state index contributed by atoms with van der Waals surface area (Å²) in [6.45, 7) is 5.63. The van der Waals surface area contributed by atoms with Crippen molar-refractivity contribution in [1.29, 1.82) is 0 Å². The van der Waals surface area contributed by atoms with Gasteiger partial charge in [-0.3, -0.25) is 20.0 Å². The zero-order chi connectivity index (χ0) is 17.0. The van der Waals surface area contributed by atoms with E-state index >= 15 is 0 Å². The molecule has 0 radical (unpaired) electrons. The summed E-state index contributed by atoms with van der Waals surface area (Å²) in [5.74, 6) is -0.211. The number of H-pyrrole nitrogens is 1. The minimum atomic E-state index is -0.480. The second-order valence-electron chi connectivity index (χ2n) is 5.31. The number of rotatable bonds is 5. The molecule has 1 aromatic heterocycles. The zero-order valence-electron chi connectivity index (χ0n) is 13.0. The molecule has 2 aromatic rings. The quantitative estimate of drug-likeness (QED) is 0.501. The molecule has 8 nitrogen and oxygen atoms in total. The Morgan fingerprint density at radius 2 is 2.13 bits per heavy atom. The highest BCUT2D eigenvalue weighted by molar-refractivity contribution is 6.00. The molecule has 0 aliphatic heterocycles. The average Bonchev–Trinajstić information content (AvgIpc) is 3.02. The van der Waals surface area contributed by atoms with Crippen LogP contribution in [0.1, 0.15) is 48.4 Å². The van der Waals surface area contributed by atoms with Crippen molar-refractivity contribution in [2.75, 3.05) is 0 Å². The zero-order valence-corrected chi connectivity index (χ0v) is 13.0. The first-order chi connectivity index (χ1) is 10.9. The van der Waals surface area contributed by atoms with E-state index < -0.39 is 10.8 Å². The minimum Gasteiger partial charge on any atom is -0.282 e. The lowest BCUT2D eigenvalue weighted by Crippen LogP contribution is -2.19. The lowest BCUT2D eigenvalue weighted by molar-refractivity contribution is -0.384. The van der Waals surface area contributed by atoms with E-state index in [-0.39, 0.29) is 17.3 Å². The Balaban J connectivity index is 2.10. The maximum absolute atomic E-state index is 12.0. The fraction of sp³-hybridized carbons (Fsp3) is 0.267. The molecule has 2 N–H and O–H groups in total. The molecule has 120 valence electrons. The Labute approximate surface area is 132 Å². The van der Waals surface area contributed by atoms with Crippen LogP contribution in [0.4, 0.5) is 5.69 Å². The Morgan fingerprint density at radius 3 is 2.74 bits per heavy atom. The van der Waals surface area contributed by atoms with E-state index in [1.807, 2.05) is 13.8 Å². The van der Waals surface area contributed by atoms with Gasteiger partial charge in [0, 0.05) is 23.4 Å². The number of benzene rings is 1. The molecule has 0 saturated heterocycles. The van der Waals surface area contributed by atoms with Crippen LogP contribution in [0, 0.1) is 10.1 Å². The summed E-state index contributed by atoms with van der Waals surface area (Å²) in [6, 6.07) is 7.71. The molecule has 8 heteroatoms. The van der Waals surface area contributed by atoms with Gasteiger partial charge in [0.2, 0.25) is 0 Å². The SMILES string of the molecule is CC(=NNC(=O)c1cc(C(C)C)[nH]n1)c1cccc([N+](=O)[O-])c1. The largest absolute Gasteiger partial charge is 0.291 e. The maximum Gasteiger partial charge on any atom is 0.291 e. The van der Waals surface area contributed by atoms with Crippen LogP contribution >= 0.6 is 0 Å². The van der Waals surface area contributed by atoms with Crippen LogP contribution in [0.5, 0.6) is 0 Å². The molecule has 0 bridgehead atoms. The number of nitro groups is 1. The predicted octanol–water partition coefficient (Wildman–Crippen LogP) is 2.60. The van der Waals surface area contributed by atoms with Crippen LogP contribution in [-0.2, 0) is 0 Å². The Kier molecular flexibility index (Phi) is 4.85. The van der Waals surface area contributed by atoms with Crippen molar-refractivity contribution >= 4 is 17.3 Å².